The summed E-state index contributed by atoms with van der Waals surface area (Å²) < 4.78 is 10.4. The molecule has 1 N–H and O–H groups in total. The van der Waals surface area contributed by atoms with Gasteiger partial charge in [0, 0.05) is 7.11 Å². The van der Waals surface area contributed by atoms with Gasteiger partial charge >= 0.3 is 5.97 Å². The first-order chi connectivity index (χ1) is 8.63. The number of nitrogens with zero attached hydrogens (tertiary/aromatic N) is 1. The molecule has 0 aliphatic carbocycles. The second kappa shape index (κ2) is 5.05. The molecule has 1 aliphatic rings. The maximum atomic E-state index is 12.1. The highest BCUT2D eigenvalue weighted by molar-refractivity contribution is 6.01. The number of rotatable bonds is 4. The van der Waals surface area contributed by atoms with E-state index in [1.165, 1.54) is 12.0 Å². The molecule has 96 valence electrons. The molecule has 1 aromatic rings. The minimum absolute atomic E-state index is 0.0648. The third-order valence-corrected chi connectivity index (χ3v) is 2.58. The molecule has 2 rings (SSSR count). The molecule has 0 radical (unpaired) electrons. The summed E-state index contributed by atoms with van der Waals surface area (Å²) in [6.45, 7) is 0.0648. The first kappa shape index (κ1) is 12.4. The van der Waals surface area contributed by atoms with Crippen molar-refractivity contribution in [3.8, 4) is 5.75 Å². The Labute approximate surface area is 104 Å². The zero-order valence-electron chi connectivity index (χ0n) is 9.83. The van der Waals surface area contributed by atoms with E-state index in [1.807, 2.05) is 0 Å². The smallest absolute Gasteiger partial charge is 0.307 e. The summed E-state index contributed by atoms with van der Waals surface area (Å²) in [6, 6.07) is 6.95. The molecule has 0 fully saturated rings. The van der Waals surface area contributed by atoms with Crippen molar-refractivity contribution in [2.45, 2.75) is 12.5 Å². The highest BCUT2D eigenvalue weighted by Gasteiger charge is 2.35. The van der Waals surface area contributed by atoms with Crippen molar-refractivity contribution in [2.24, 2.45) is 0 Å². The van der Waals surface area contributed by atoms with Gasteiger partial charge in [-0.1, -0.05) is 12.1 Å². The third-order valence-electron chi connectivity index (χ3n) is 2.58. The van der Waals surface area contributed by atoms with Gasteiger partial charge in [0.2, 0.25) is 0 Å². The number of carbonyl (C=O) groups excluding carboxylic acids is 1. The lowest BCUT2D eigenvalue weighted by Gasteiger charge is -2.33. The second-order valence-electron chi connectivity index (χ2n) is 3.86. The number of ether oxygens (including phenoxy) is 2. The second-order valence-corrected chi connectivity index (χ2v) is 3.86. The van der Waals surface area contributed by atoms with E-state index in [1.54, 1.807) is 24.3 Å². The topological polar surface area (TPSA) is 76.1 Å². The summed E-state index contributed by atoms with van der Waals surface area (Å²) in [5, 5.41) is 8.77. The molecule has 18 heavy (non-hydrogen) atoms. The number of amides is 1. The van der Waals surface area contributed by atoms with Gasteiger partial charge in [-0.25, -0.2) is 0 Å². The van der Waals surface area contributed by atoms with Gasteiger partial charge in [-0.05, 0) is 12.1 Å². The SMILES string of the molecule is COCN1C(=O)C(CC(=O)O)Oc2ccccc21. The van der Waals surface area contributed by atoms with Gasteiger partial charge in [-0.3, -0.25) is 14.5 Å². The van der Waals surface area contributed by atoms with Crippen molar-refractivity contribution in [3.05, 3.63) is 24.3 Å². The number of hydrogen-bond donors (Lipinski definition) is 1. The van der Waals surface area contributed by atoms with Crippen molar-refractivity contribution in [3.63, 3.8) is 0 Å². The molecule has 1 aliphatic heterocycles. The molecular formula is C12H13NO5. The van der Waals surface area contributed by atoms with Crippen LogP contribution in [-0.2, 0) is 14.3 Å². The molecule has 0 bridgehead atoms. The number of carbonyl (C=O) groups is 2. The number of carboxylic acids is 1. The van der Waals surface area contributed by atoms with E-state index in [0.717, 1.165) is 0 Å². The molecule has 1 amide bonds. The molecule has 0 saturated heterocycles. The van der Waals surface area contributed by atoms with E-state index < -0.39 is 18.0 Å². The van der Waals surface area contributed by atoms with Crippen LogP contribution in [0.1, 0.15) is 6.42 Å². The zero-order chi connectivity index (χ0) is 13.1. The van der Waals surface area contributed by atoms with E-state index in [4.69, 9.17) is 14.6 Å². The predicted molar refractivity (Wildman–Crippen MR) is 62.5 cm³/mol. The largest absolute Gasteiger partial charge is 0.481 e. The van der Waals surface area contributed by atoms with Crippen molar-refractivity contribution >= 4 is 17.6 Å². The Morgan fingerprint density at radius 2 is 2.22 bits per heavy atom. The lowest BCUT2D eigenvalue weighted by molar-refractivity contribution is -0.143. The molecule has 0 spiro atoms. The van der Waals surface area contributed by atoms with Crippen molar-refractivity contribution in [1.82, 2.24) is 0 Å². The average Bonchev–Trinajstić information content (AvgIpc) is 2.34. The van der Waals surface area contributed by atoms with Crippen molar-refractivity contribution < 1.29 is 24.2 Å². The van der Waals surface area contributed by atoms with Crippen LogP contribution in [0, 0.1) is 0 Å². The number of fused-ring (bicyclic) bond motifs is 1. The number of anilines is 1. The Kier molecular flexibility index (Phi) is 3.47. The highest BCUT2D eigenvalue weighted by atomic mass is 16.5. The summed E-state index contributed by atoms with van der Waals surface area (Å²) in [4.78, 5) is 24.2. The van der Waals surface area contributed by atoms with Crippen LogP contribution in [0.3, 0.4) is 0 Å². The number of hydrogen-bond acceptors (Lipinski definition) is 4. The first-order valence-corrected chi connectivity index (χ1v) is 5.41. The lowest BCUT2D eigenvalue weighted by Crippen LogP contribution is -2.47. The molecule has 1 atom stereocenters. The van der Waals surface area contributed by atoms with Gasteiger partial charge in [0.05, 0.1) is 12.1 Å². The molecule has 1 heterocycles. The summed E-state index contributed by atoms with van der Waals surface area (Å²) in [5.41, 5.74) is 0.589. The Morgan fingerprint density at radius 3 is 2.89 bits per heavy atom. The molecule has 0 saturated carbocycles. The van der Waals surface area contributed by atoms with Crippen LogP contribution in [0.2, 0.25) is 0 Å². The minimum Gasteiger partial charge on any atom is -0.481 e. The normalized spacial score (nSPS) is 18.2. The van der Waals surface area contributed by atoms with Crippen LogP contribution < -0.4 is 9.64 Å². The third kappa shape index (κ3) is 2.28. The molecule has 6 nitrogen and oxygen atoms in total. The fourth-order valence-corrected chi connectivity index (χ4v) is 1.83. The fraction of sp³-hybridized carbons (Fsp3) is 0.333. The van der Waals surface area contributed by atoms with Gasteiger partial charge in [0.1, 0.15) is 12.5 Å². The van der Waals surface area contributed by atoms with Crippen LogP contribution in [0.15, 0.2) is 24.3 Å². The van der Waals surface area contributed by atoms with Crippen molar-refractivity contribution in [1.29, 1.82) is 0 Å². The zero-order valence-corrected chi connectivity index (χ0v) is 9.83. The van der Waals surface area contributed by atoms with E-state index in [2.05, 4.69) is 0 Å². The van der Waals surface area contributed by atoms with Gasteiger partial charge in [0.25, 0.3) is 5.91 Å². The minimum atomic E-state index is -1.08. The first-order valence-electron chi connectivity index (χ1n) is 5.41. The number of para-hydroxylation sites is 2. The van der Waals surface area contributed by atoms with E-state index in [-0.39, 0.29) is 13.2 Å². The Hall–Kier alpha value is -2.08. The standard InChI is InChI=1S/C12H13NO5/c1-17-7-13-8-4-2-3-5-9(8)18-10(12(13)16)6-11(14)15/h2-5,10H,6-7H2,1H3,(H,14,15). The number of methoxy groups -OCH3 is 1. The van der Waals surface area contributed by atoms with Crippen LogP contribution in [-0.4, -0.2) is 36.9 Å². The van der Waals surface area contributed by atoms with Crippen LogP contribution >= 0.6 is 0 Å². The van der Waals surface area contributed by atoms with Gasteiger partial charge in [0.15, 0.2) is 6.10 Å². The summed E-state index contributed by atoms with van der Waals surface area (Å²) in [6.07, 6.45) is -1.37. The maximum absolute atomic E-state index is 12.1. The summed E-state index contributed by atoms with van der Waals surface area (Å²) in [5.74, 6) is -0.997. The summed E-state index contributed by atoms with van der Waals surface area (Å²) >= 11 is 0. The maximum Gasteiger partial charge on any atom is 0.307 e. The van der Waals surface area contributed by atoms with Gasteiger partial charge in [-0.15, -0.1) is 0 Å². The van der Waals surface area contributed by atoms with E-state index in [9.17, 15) is 9.59 Å². The van der Waals surface area contributed by atoms with E-state index >= 15 is 0 Å². The van der Waals surface area contributed by atoms with Crippen LogP contribution in [0.5, 0.6) is 5.75 Å². The quantitative estimate of drug-likeness (QED) is 0.858. The monoisotopic (exact) mass is 251 g/mol. The number of carboxylic acid groups (broad SMARTS) is 1. The summed E-state index contributed by atoms with van der Waals surface area (Å²) in [7, 11) is 1.47. The molecule has 6 heteroatoms. The molecule has 1 unspecified atom stereocenters. The molecule has 1 aromatic carbocycles. The van der Waals surface area contributed by atoms with Gasteiger partial charge in [-0.2, -0.15) is 0 Å². The Bertz CT molecular complexity index is 473. The fourth-order valence-electron chi connectivity index (χ4n) is 1.83. The lowest BCUT2D eigenvalue weighted by atomic mass is 10.1. The Morgan fingerprint density at radius 1 is 1.50 bits per heavy atom. The van der Waals surface area contributed by atoms with Crippen LogP contribution in [0.4, 0.5) is 5.69 Å². The number of benzene rings is 1. The highest BCUT2D eigenvalue weighted by Crippen LogP contribution is 2.34. The molecule has 0 aromatic heterocycles. The van der Waals surface area contributed by atoms with Crippen LogP contribution in [0.25, 0.3) is 0 Å². The van der Waals surface area contributed by atoms with E-state index in [0.29, 0.717) is 11.4 Å². The average molecular weight is 251 g/mol. The molecular weight excluding hydrogens is 238 g/mol. The van der Waals surface area contributed by atoms with Gasteiger partial charge < -0.3 is 14.6 Å². The predicted octanol–water partition coefficient (Wildman–Crippen LogP) is 0.859. The Balaban J connectivity index is 2.33. The number of aliphatic carboxylic acids is 1. The van der Waals surface area contributed by atoms with Crippen molar-refractivity contribution in [2.75, 3.05) is 18.7 Å².